The molecule has 0 aliphatic carbocycles. The Bertz CT molecular complexity index is 626. The number of urea groups is 1. The number of carbonyl (C=O) groups excluding carboxylic acids is 2. The van der Waals surface area contributed by atoms with E-state index in [9.17, 15) is 9.59 Å². The first-order valence-electron chi connectivity index (χ1n) is 6.48. The number of methoxy groups -OCH3 is 1. The van der Waals surface area contributed by atoms with Crippen molar-refractivity contribution in [1.29, 1.82) is 0 Å². The van der Waals surface area contributed by atoms with Gasteiger partial charge in [0.25, 0.3) is 0 Å². The lowest BCUT2D eigenvalue weighted by Crippen LogP contribution is -2.20. The number of benzene rings is 2. The monoisotopic (exact) mass is 300 g/mol. The lowest BCUT2D eigenvalue weighted by Gasteiger charge is -2.09. The number of hydrogen-bond acceptors (Lipinski definition) is 4. The number of rotatable bonds is 6. The lowest BCUT2D eigenvalue weighted by molar-refractivity contribution is -0.109. The van der Waals surface area contributed by atoms with E-state index in [0.29, 0.717) is 23.5 Å². The predicted octanol–water partition coefficient (Wildman–Crippen LogP) is 2.41. The summed E-state index contributed by atoms with van der Waals surface area (Å²) in [4.78, 5) is 22.0. The van der Waals surface area contributed by atoms with Gasteiger partial charge in [-0.25, -0.2) is 4.79 Å². The standard InChI is InChI=1S/C15H16N4O3/c1-22-14-8-6-12(7-9-14)18-15(21)17-11-2-4-13(5-3-11)19-16-10-20/h2-10,19H,1H3,(H,16,20)(H2,17,18,21). The van der Waals surface area contributed by atoms with E-state index >= 15 is 0 Å². The molecule has 0 aliphatic heterocycles. The van der Waals surface area contributed by atoms with Crippen LogP contribution >= 0.6 is 0 Å². The molecule has 0 unspecified atom stereocenters. The van der Waals surface area contributed by atoms with Gasteiger partial charge >= 0.3 is 6.03 Å². The molecule has 0 fully saturated rings. The van der Waals surface area contributed by atoms with E-state index in [2.05, 4.69) is 21.5 Å². The van der Waals surface area contributed by atoms with E-state index in [1.54, 1.807) is 55.6 Å². The van der Waals surface area contributed by atoms with E-state index in [0.717, 1.165) is 5.75 Å². The van der Waals surface area contributed by atoms with Crippen LogP contribution in [0.1, 0.15) is 0 Å². The Balaban J connectivity index is 1.89. The van der Waals surface area contributed by atoms with Gasteiger partial charge in [-0.15, -0.1) is 0 Å². The topological polar surface area (TPSA) is 91.5 Å². The summed E-state index contributed by atoms with van der Waals surface area (Å²) in [5.74, 6) is 0.720. The average Bonchev–Trinajstić information content (AvgIpc) is 2.55. The lowest BCUT2D eigenvalue weighted by atomic mass is 10.3. The van der Waals surface area contributed by atoms with Crippen LogP contribution in [0, 0.1) is 0 Å². The largest absolute Gasteiger partial charge is 0.497 e. The van der Waals surface area contributed by atoms with Gasteiger partial charge in [0, 0.05) is 11.4 Å². The second kappa shape index (κ2) is 7.53. The first kappa shape index (κ1) is 15.2. The third kappa shape index (κ3) is 4.41. The van der Waals surface area contributed by atoms with Crippen molar-refractivity contribution < 1.29 is 14.3 Å². The van der Waals surface area contributed by atoms with Crippen molar-refractivity contribution in [2.24, 2.45) is 0 Å². The molecule has 0 spiro atoms. The summed E-state index contributed by atoms with van der Waals surface area (Å²) in [6.07, 6.45) is 0.536. The zero-order valence-corrected chi connectivity index (χ0v) is 11.9. The highest BCUT2D eigenvalue weighted by molar-refractivity contribution is 5.99. The van der Waals surface area contributed by atoms with Gasteiger partial charge < -0.3 is 15.4 Å². The minimum atomic E-state index is -0.350. The van der Waals surface area contributed by atoms with Gasteiger partial charge in [0.2, 0.25) is 6.41 Å². The van der Waals surface area contributed by atoms with Crippen LogP contribution in [0.15, 0.2) is 48.5 Å². The quantitative estimate of drug-likeness (QED) is 0.487. The van der Waals surface area contributed by atoms with Crippen LogP contribution in [-0.4, -0.2) is 19.6 Å². The fourth-order valence-electron chi connectivity index (χ4n) is 1.72. The summed E-state index contributed by atoms with van der Waals surface area (Å²) >= 11 is 0. The van der Waals surface area contributed by atoms with Crippen LogP contribution in [0.5, 0.6) is 5.75 Å². The molecule has 2 aromatic rings. The molecule has 0 saturated heterocycles. The van der Waals surface area contributed by atoms with E-state index in [-0.39, 0.29) is 6.03 Å². The Morgan fingerprint density at radius 1 is 0.909 bits per heavy atom. The predicted molar refractivity (Wildman–Crippen MR) is 84.9 cm³/mol. The zero-order valence-electron chi connectivity index (χ0n) is 11.9. The Labute approximate surface area is 127 Å². The number of nitrogens with one attached hydrogen (secondary N) is 4. The minimum absolute atomic E-state index is 0.350. The maximum absolute atomic E-state index is 11.9. The van der Waals surface area contributed by atoms with E-state index < -0.39 is 0 Å². The molecule has 0 heterocycles. The number of anilines is 3. The van der Waals surface area contributed by atoms with Gasteiger partial charge in [-0.3, -0.25) is 15.6 Å². The molecule has 0 aromatic heterocycles. The minimum Gasteiger partial charge on any atom is -0.497 e. The SMILES string of the molecule is COc1ccc(NC(=O)Nc2ccc(NNC=O)cc2)cc1. The molecule has 22 heavy (non-hydrogen) atoms. The van der Waals surface area contributed by atoms with Crippen molar-refractivity contribution in [2.75, 3.05) is 23.2 Å². The summed E-state index contributed by atoms with van der Waals surface area (Å²) in [6, 6.07) is 13.5. The molecule has 3 amide bonds. The third-order valence-electron chi connectivity index (χ3n) is 2.77. The molecule has 0 radical (unpaired) electrons. The van der Waals surface area contributed by atoms with Gasteiger partial charge in [-0.05, 0) is 48.5 Å². The van der Waals surface area contributed by atoms with Gasteiger partial charge in [0.15, 0.2) is 0 Å². The van der Waals surface area contributed by atoms with Crippen LogP contribution in [0.25, 0.3) is 0 Å². The van der Waals surface area contributed by atoms with Gasteiger partial charge in [0.05, 0.1) is 12.8 Å². The summed E-state index contributed by atoms with van der Waals surface area (Å²) in [5.41, 5.74) is 6.98. The number of ether oxygens (including phenoxy) is 1. The summed E-state index contributed by atoms with van der Waals surface area (Å²) < 4.78 is 5.05. The molecule has 0 atom stereocenters. The molecule has 0 aliphatic rings. The van der Waals surface area contributed by atoms with Crippen molar-refractivity contribution >= 4 is 29.5 Å². The normalized spacial score (nSPS) is 9.50. The van der Waals surface area contributed by atoms with Crippen molar-refractivity contribution in [3.63, 3.8) is 0 Å². The highest BCUT2D eigenvalue weighted by Gasteiger charge is 2.03. The molecule has 4 N–H and O–H groups in total. The second-order valence-electron chi connectivity index (χ2n) is 4.27. The van der Waals surface area contributed by atoms with Gasteiger partial charge in [-0.2, -0.15) is 0 Å². The molecule has 7 heteroatoms. The molecule has 114 valence electrons. The van der Waals surface area contributed by atoms with Crippen LogP contribution in [-0.2, 0) is 4.79 Å². The number of hydrazine groups is 1. The number of hydrogen-bond donors (Lipinski definition) is 4. The second-order valence-corrected chi connectivity index (χ2v) is 4.27. The Hall–Kier alpha value is -3.22. The molecule has 2 aromatic carbocycles. The Morgan fingerprint density at radius 3 is 1.91 bits per heavy atom. The molecular formula is C15H16N4O3. The van der Waals surface area contributed by atoms with Crippen molar-refractivity contribution in [1.82, 2.24) is 5.43 Å². The summed E-state index contributed by atoms with van der Waals surface area (Å²) in [6.45, 7) is 0. The van der Waals surface area contributed by atoms with Crippen molar-refractivity contribution in [3.8, 4) is 5.75 Å². The smallest absolute Gasteiger partial charge is 0.323 e. The van der Waals surface area contributed by atoms with Crippen LogP contribution in [0.2, 0.25) is 0 Å². The highest BCUT2D eigenvalue weighted by Crippen LogP contribution is 2.16. The van der Waals surface area contributed by atoms with Crippen molar-refractivity contribution in [2.45, 2.75) is 0 Å². The first-order chi connectivity index (χ1) is 10.7. The van der Waals surface area contributed by atoms with Crippen LogP contribution in [0.3, 0.4) is 0 Å². The zero-order chi connectivity index (χ0) is 15.8. The first-order valence-corrected chi connectivity index (χ1v) is 6.48. The fourth-order valence-corrected chi connectivity index (χ4v) is 1.72. The molecule has 2 rings (SSSR count). The Kier molecular flexibility index (Phi) is 5.20. The summed E-state index contributed by atoms with van der Waals surface area (Å²) in [5, 5.41) is 5.41. The maximum atomic E-state index is 11.9. The summed E-state index contributed by atoms with van der Waals surface area (Å²) in [7, 11) is 1.58. The van der Waals surface area contributed by atoms with Gasteiger partial charge in [-0.1, -0.05) is 0 Å². The maximum Gasteiger partial charge on any atom is 0.323 e. The average molecular weight is 300 g/mol. The fraction of sp³-hybridized carbons (Fsp3) is 0.0667. The van der Waals surface area contributed by atoms with Gasteiger partial charge in [0.1, 0.15) is 5.75 Å². The van der Waals surface area contributed by atoms with E-state index in [4.69, 9.17) is 4.74 Å². The number of amides is 3. The van der Waals surface area contributed by atoms with E-state index in [1.165, 1.54) is 0 Å². The highest BCUT2D eigenvalue weighted by atomic mass is 16.5. The molecule has 7 nitrogen and oxygen atoms in total. The molecule has 0 bridgehead atoms. The Morgan fingerprint density at radius 2 is 1.41 bits per heavy atom. The van der Waals surface area contributed by atoms with Crippen LogP contribution in [0.4, 0.5) is 21.9 Å². The molecular weight excluding hydrogens is 284 g/mol. The third-order valence-corrected chi connectivity index (χ3v) is 2.77. The van der Waals surface area contributed by atoms with E-state index in [1.807, 2.05) is 0 Å². The molecule has 0 saturated carbocycles. The van der Waals surface area contributed by atoms with Crippen LogP contribution < -0.4 is 26.2 Å². The number of carbonyl (C=O) groups is 2. The van der Waals surface area contributed by atoms with Crippen molar-refractivity contribution in [3.05, 3.63) is 48.5 Å².